The van der Waals surface area contributed by atoms with Crippen molar-refractivity contribution in [2.45, 2.75) is 12.5 Å². The third-order valence-corrected chi connectivity index (χ3v) is 5.29. The molecule has 0 spiro atoms. The first kappa shape index (κ1) is 25.4. The number of morpholine rings is 1. The molecule has 1 aliphatic rings. The number of halogens is 2. The Balaban J connectivity index is 0.00000341. The topological polar surface area (TPSA) is 58.1 Å². The van der Waals surface area contributed by atoms with Crippen LogP contribution in [0.1, 0.15) is 17.2 Å². The summed E-state index contributed by atoms with van der Waals surface area (Å²) in [4.78, 5) is 6.71. The molecule has 1 saturated heterocycles. The fourth-order valence-corrected chi connectivity index (χ4v) is 3.56. The summed E-state index contributed by atoms with van der Waals surface area (Å²) in [6.45, 7) is 4.58. The van der Waals surface area contributed by atoms with Gasteiger partial charge in [-0.1, -0.05) is 24.3 Å². The lowest BCUT2D eigenvalue weighted by atomic mass is 10.0. The Morgan fingerprint density at radius 2 is 1.77 bits per heavy atom. The van der Waals surface area contributed by atoms with E-state index in [-0.39, 0.29) is 35.8 Å². The van der Waals surface area contributed by atoms with Crippen LogP contribution in [-0.2, 0) is 11.2 Å². The van der Waals surface area contributed by atoms with Gasteiger partial charge in [-0.25, -0.2) is 4.39 Å². The number of rotatable bonds is 8. The van der Waals surface area contributed by atoms with Gasteiger partial charge in [-0.15, -0.1) is 24.0 Å². The molecule has 1 heterocycles. The molecule has 2 aromatic carbocycles. The van der Waals surface area contributed by atoms with Crippen molar-refractivity contribution in [2.75, 3.05) is 53.6 Å². The number of ether oxygens (including phenoxy) is 2. The van der Waals surface area contributed by atoms with Crippen LogP contribution in [0.15, 0.2) is 53.5 Å². The molecule has 2 aromatic rings. The van der Waals surface area contributed by atoms with Crippen LogP contribution in [0, 0.1) is 5.82 Å². The van der Waals surface area contributed by atoms with Crippen LogP contribution < -0.4 is 15.4 Å². The molecule has 3 rings (SSSR count). The monoisotopic (exact) mass is 542 g/mol. The summed E-state index contributed by atoms with van der Waals surface area (Å²) in [6.07, 6.45) is 0.884. The van der Waals surface area contributed by atoms with Gasteiger partial charge in [0.25, 0.3) is 0 Å². The predicted molar refractivity (Wildman–Crippen MR) is 133 cm³/mol. The van der Waals surface area contributed by atoms with E-state index in [2.05, 4.69) is 32.7 Å². The average molecular weight is 542 g/mol. The summed E-state index contributed by atoms with van der Waals surface area (Å²) >= 11 is 0. The van der Waals surface area contributed by atoms with Crippen molar-refractivity contribution in [3.8, 4) is 5.75 Å². The highest BCUT2D eigenvalue weighted by molar-refractivity contribution is 14.0. The highest BCUT2D eigenvalue weighted by Crippen LogP contribution is 2.21. The molecule has 0 aliphatic carbocycles. The second-order valence-corrected chi connectivity index (χ2v) is 7.19. The van der Waals surface area contributed by atoms with Gasteiger partial charge < -0.3 is 20.1 Å². The minimum Gasteiger partial charge on any atom is -0.497 e. The molecule has 31 heavy (non-hydrogen) atoms. The molecule has 1 aliphatic heterocycles. The smallest absolute Gasteiger partial charge is 0.191 e. The van der Waals surface area contributed by atoms with Gasteiger partial charge in [0.1, 0.15) is 11.6 Å². The number of hydrogen-bond donors (Lipinski definition) is 2. The summed E-state index contributed by atoms with van der Waals surface area (Å²) < 4.78 is 24.1. The number of methoxy groups -OCH3 is 1. The number of hydrogen-bond acceptors (Lipinski definition) is 4. The van der Waals surface area contributed by atoms with Gasteiger partial charge in [0, 0.05) is 33.2 Å². The van der Waals surface area contributed by atoms with E-state index in [4.69, 9.17) is 9.47 Å². The van der Waals surface area contributed by atoms with Gasteiger partial charge in [-0.05, 0) is 41.8 Å². The minimum atomic E-state index is -0.219. The van der Waals surface area contributed by atoms with Gasteiger partial charge in [-0.3, -0.25) is 9.89 Å². The third kappa shape index (κ3) is 7.93. The number of nitrogens with zero attached hydrogens (tertiary/aromatic N) is 2. The summed E-state index contributed by atoms with van der Waals surface area (Å²) in [5.41, 5.74) is 2.32. The lowest BCUT2D eigenvalue weighted by Gasteiger charge is -2.35. The molecule has 0 radical (unpaired) electrons. The fraction of sp³-hybridized carbons (Fsp3) is 0.435. The van der Waals surface area contributed by atoms with Crippen molar-refractivity contribution in [2.24, 2.45) is 4.99 Å². The second-order valence-electron chi connectivity index (χ2n) is 7.19. The molecule has 2 N–H and O–H groups in total. The van der Waals surface area contributed by atoms with Gasteiger partial charge in [0.15, 0.2) is 5.96 Å². The first-order valence-corrected chi connectivity index (χ1v) is 10.3. The molecule has 0 aromatic heterocycles. The first-order chi connectivity index (χ1) is 14.7. The number of benzene rings is 2. The SMILES string of the molecule is CN=C(NCCc1ccc(OC)cc1)NCC(c1ccc(F)cc1)N1CCOCC1.I. The van der Waals surface area contributed by atoms with E-state index in [9.17, 15) is 4.39 Å². The highest BCUT2D eigenvalue weighted by Gasteiger charge is 2.23. The molecule has 0 bridgehead atoms. The molecule has 8 heteroatoms. The van der Waals surface area contributed by atoms with Crippen LogP contribution in [0.2, 0.25) is 0 Å². The van der Waals surface area contributed by atoms with Gasteiger partial charge in [0.05, 0.1) is 26.4 Å². The Morgan fingerprint density at radius 1 is 1.10 bits per heavy atom. The van der Waals surface area contributed by atoms with Crippen LogP contribution in [0.4, 0.5) is 4.39 Å². The Morgan fingerprint density at radius 3 is 2.39 bits per heavy atom. The second kappa shape index (κ2) is 13.5. The van der Waals surface area contributed by atoms with Crippen LogP contribution >= 0.6 is 24.0 Å². The Kier molecular flexibility index (Phi) is 11.0. The zero-order valence-corrected chi connectivity index (χ0v) is 20.5. The lowest BCUT2D eigenvalue weighted by molar-refractivity contribution is 0.0170. The maximum absolute atomic E-state index is 13.4. The van der Waals surface area contributed by atoms with Gasteiger partial charge in [0.2, 0.25) is 0 Å². The molecule has 1 fully saturated rings. The number of aliphatic imine (C=N–C) groups is 1. The predicted octanol–water partition coefficient (Wildman–Crippen LogP) is 3.23. The summed E-state index contributed by atoms with van der Waals surface area (Å²) in [6, 6.07) is 15.0. The van der Waals surface area contributed by atoms with E-state index < -0.39 is 0 Å². The van der Waals surface area contributed by atoms with Gasteiger partial charge in [-0.2, -0.15) is 0 Å². The van der Waals surface area contributed by atoms with Crippen molar-refractivity contribution in [3.63, 3.8) is 0 Å². The minimum absolute atomic E-state index is 0. The zero-order valence-electron chi connectivity index (χ0n) is 18.1. The highest BCUT2D eigenvalue weighted by atomic mass is 127. The van der Waals surface area contributed by atoms with E-state index in [1.54, 1.807) is 14.2 Å². The van der Waals surface area contributed by atoms with E-state index in [1.165, 1.54) is 17.7 Å². The molecule has 1 unspecified atom stereocenters. The molecular formula is C23H32FIN4O2. The average Bonchev–Trinajstić information content (AvgIpc) is 2.80. The third-order valence-electron chi connectivity index (χ3n) is 5.29. The first-order valence-electron chi connectivity index (χ1n) is 10.3. The van der Waals surface area contributed by atoms with Gasteiger partial charge >= 0.3 is 0 Å². The van der Waals surface area contributed by atoms with Crippen molar-refractivity contribution < 1.29 is 13.9 Å². The van der Waals surface area contributed by atoms with Crippen LogP contribution in [-0.4, -0.2) is 64.4 Å². The largest absolute Gasteiger partial charge is 0.497 e. The molecule has 6 nitrogen and oxygen atoms in total. The van der Waals surface area contributed by atoms with E-state index >= 15 is 0 Å². The molecule has 170 valence electrons. The molecular weight excluding hydrogens is 510 g/mol. The van der Waals surface area contributed by atoms with E-state index in [0.717, 1.165) is 43.3 Å². The van der Waals surface area contributed by atoms with E-state index in [0.29, 0.717) is 19.8 Å². The normalized spacial score (nSPS) is 15.6. The molecule has 0 saturated carbocycles. The number of guanidine groups is 1. The fourth-order valence-electron chi connectivity index (χ4n) is 3.56. The summed E-state index contributed by atoms with van der Waals surface area (Å²) in [5, 5.41) is 6.80. The van der Waals surface area contributed by atoms with Crippen LogP contribution in [0.25, 0.3) is 0 Å². The van der Waals surface area contributed by atoms with Crippen molar-refractivity contribution in [1.82, 2.24) is 15.5 Å². The quantitative estimate of drug-likeness (QED) is 0.305. The Bertz CT molecular complexity index is 796. The summed E-state index contributed by atoms with van der Waals surface area (Å²) in [5.74, 6) is 1.39. The van der Waals surface area contributed by atoms with Crippen LogP contribution in [0.5, 0.6) is 5.75 Å². The van der Waals surface area contributed by atoms with Crippen LogP contribution in [0.3, 0.4) is 0 Å². The Hall–Kier alpha value is -1.91. The van der Waals surface area contributed by atoms with Crippen molar-refractivity contribution >= 4 is 29.9 Å². The maximum Gasteiger partial charge on any atom is 0.191 e. The number of nitrogens with one attached hydrogen (secondary N) is 2. The maximum atomic E-state index is 13.4. The lowest BCUT2D eigenvalue weighted by Crippen LogP contribution is -2.46. The standard InChI is InChI=1S/C23H31FN4O2.HI/c1-25-23(26-12-11-18-3-9-21(29-2)10-4-18)27-17-22(28-13-15-30-16-14-28)19-5-7-20(24)8-6-19;/h3-10,22H,11-17H2,1-2H3,(H2,25,26,27);1H. The Labute approximate surface area is 201 Å². The van der Waals surface area contributed by atoms with E-state index in [1.807, 2.05) is 24.3 Å². The molecule has 1 atom stereocenters. The van der Waals surface area contributed by atoms with Crippen molar-refractivity contribution in [3.05, 3.63) is 65.5 Å². The van der Waals surface area contributed by atoms with Crippen molar-refractivity contribution in [1.29, 1.82) is 0 Å². The summed E-state index contributed by atoms with van der Waals surface area (Å²) in [7, 11) is 3.44. The zero-order chi connectivity index (χ0) is 21.2. The molecule has 0 amide bonds.